The third-order valence-electron chi connectivity index (χ3n) is 2.70. The number of halogens is 1. The number of ether oxygens (including phenoxy) is 2. The molecule has 22 heavy (non-hydrogen) atoms. The van der Waals surface area contributed by atoms with Crippen molar-refractivity contribution in [2.45, 2.75) is 0 Å². The van der Waals surface area contributed by atoms with Crippen LogP contribution < -0.4 is 14.9 Å². The van der Waals surface area contributed by atoms with Crippen LogP contribution in [-0.4, -0.2) is 25.8 Å². The lowest BCUT2D eigenvalue weighted by Gasteiger charge is -2.09. The fourth-order valence-electron chi connectivity index (χ4n) is 1.64. The minimum atomic E-state index is -0.413. The summed E-state index contributed by atoms with van der Waals surface area (Å²) < 4.78 is 23.2. The molecule has 0 aliphatic rings. The normalized spacial score (nSPS) is 10.5. The summed E-state index contributed by atoms with van der Waals surface area (Å²) in [5, 5.41) is 3.77. The van der Waals surface area contributed by atoms with Crippen LogP contribution in [0.5, 0.6) is 11.5 Å². The Kier molecular flexibility index (Phi) is 5.48. The zero-order chi connectivity index (χ0) is 15.8. The van der Waals surface area contributed by atoms with Crippen molar-refractivity contribution in [3.05, 3.63) is 59.9 Å². The van der Waals surface area contributed by atoms with E-state index in [2.05, 4.69) is 10.5 Å². The summed E-state index contributed by atoms with van der Waals surface area (Å²) in [5.74, 6) is 0.281. The van der Waals surface area contributed by atoms with Crippen LogP contribution in [0.3, 0.4) is 0 Å². The number of hydrazone groups is 1. The van der Waals surface area contributed by atoms with Gasteiger partial charge in [-0.05, 0) is 29.8 Å². The van der Waals surface area contributed by atoms with Gasteiger partial charge in [0.2, 0.25) is 0 Å². The molecule has 1 N–H and O–H groups in total. The highest BCUT2D eigenvalue weighted by Gasteiger charge is 2.05. The molecule has 6 heteroatoms. The first-order valence-corrected chi connectivity index (χ1v) is 6.52. The lowest BCUT2D eigenvalue weighted by atomic mass is 10.2. The third-order valence-corrected chi connectivity index (χ3v) is 2.70. The summed E-state index contributed by atoms with van der Waals surface area (Å²) in [6.07, 6.45) is 1.42. The van der Waals surface area contributed by atoms with Crippen LogP contribution in [0, 0.1) is 5.82 Å². The van der Waals surface area contributed by atoms with Crippen molar-refractivity contribution < 1.29 is 18.7 Å². The number of para-hydroxylation sites is 2. The van der Waals surface area contributed by atoms with E-state index in [0.29, 0.717) is 17.1 Å². The molecule has 2 rings (SSSR count). The summed E-state index contributed by atoms with van der Waals surface area (Å²) in [5.41, 5.74) is 3.00. The number of nitrogens with zero attached hydrogens (tertiary/aromatic N) is 1. The van der Waals surface area contributed by atoms with E-state index in [9.17, 15) is 9.18 Å². The number of hydrogen-bond acceptors (Lipinski definition) is 4. The lowest BCUT2D eigenvalue weighted by molar-refractivity contribution is -0.123. The smallest absolute Gasteiger partial charge is 0.277 e. The van der Waals surface area contributed by atoms with E-state index in [1.54, 1.807) is 36.4 Å². The SMILES string of the molecule is COc1ccccc1OCC(=O)NN=Cc1ccc(F)cc1. The van der Waals surface area contributed by atoms with Crippen LogP contribution in [0.2, 0.25) is 0 Å². The molecule has 0 aliphatic carbocycles. The largest absolute Gasteiger partial charge is 0.493 e. The lowest BCUT2D eigenvalue weighted by Crippen LogP contribution is -2.24. The predicted molar refractivity (Wildman–Crippen MR) is 80.6 cm³/mol. The number of amides is 1. The van der Waals surface area contributed by atoms with Gasteiger partial charge in [-0.3, -0.25) is 4.79 Å². The summed E-state index contributed by atoms with van der Waals surface area (Å²) in [6, 6.07) is 12.8. The molecule has 0 saturated heterocycles. The highest BCUT2D eigenvalue weighted by atomic mass is 19.1. The Hall–Kier alpha value is -2.89. The van der Waals surface area contributed by atoms with Gasteiger partial charge in [0.1, 0.15) is 5.82 Å². The van der Waals surface area contributed by atoms with Crippen molar-refractivity contribution in [2.75, 3.05) is 13.7 Å². The molecule has 0 heterocycles. The molecule has 0 saturated carbocycles. The molecule has 2 aromatic rings. The van der Waals surface area contributed by atoms with E-state index in [4.69, 9.17) is 9.47 Å². The minimum Gasteiger partial charge on any atom is -0.493 e. The molecule has 1 amide bonds. The van der Waals surface area contributed by atoms with Crippen molar-refractivity contribution in [1.82, 2.24) is 5.43 Å². The summed E-state index contributed by atoms with van der Waals surface area (Å²) in [4.78, 5) is 11.6. The van der Waals surface area contributed by atoms with Gasteiger partial charge in [0, 0.05) is 0 Å². The summed E-state index contributed by atoms with van der Waals surface area (Å²) >= 11 is 0. The van der Waals surface area contributed by atoms with Gasteiger partial charge in [0.15, 0.2) is 18.1 Å². The van der Waals surface area contributed by atoms with Gasteiger partial charge in [0.25, 0.3) is 5.91 Å². The van der Waals surface area contributed by atoms with Gasteiger partial charge in [-0.15, -0.1) is 0 Å². The second-order valence-corrected chi connectivity index (χ2v) is 4.28. The van der Waals surface area contributed by atoms with E-state index in [1.165, 1.54) is 25.5 Å². The van der Waals surface area contributed by atoms with E-state index < -0.39 is 5.91 Å². The number of rotatable bonds is 6. The van der Waals surface area contributed by atoms with Gasteiger partial charge in [-0.1, -0.05) is 24.3 Å². The Morgan fingerprint density at radius 3 is 2.55 bits per heavy atom. The number of methoxy groups -OCH3 is 1. The molecule has 0 aliphatic heterocycles. The predicted octanol–water partition coefficient (Wildman–Crippen LogP) is 2.36. The van der Waals surface area contributed by atoms with Crippen molar-refractivity contribution in [2.24, 2.45) is 5.10 Å². The second-order valence-electron chi connectivity index (χ2n) is 4.28. The zero-order valence-electron chi connectivity index (χ0n) is 12.0. The standard InChI is InChI=1S/C16H15FN2O3/c1-21-14-4-2-3-5-15(14)22-11-16(20)19-18-10-12-6-8-13(17)9-7-12/h2-10H,11H2,1H3,(H,19,20). The van der Waals surface area contributed by atoms with Crippen LogP contribution in [0.1, 0.15) is 5.56 Å². The average Bonchev–Trinajstić information content (AvgIpc) is 2.55. The average molecular weight is 302 g/mol. The number of benzene rings is 2. The maximum atomic E-state index is 12.7. The second kappa shape index (κ2) is 7.78. The molecule has 0 unspecified atom stereocenters. The Morgan fingerprint density at radius 2 is 1.86 bits per heavy atom. The topological polar surface area (TPSA) is 59.9 Å². The van der Waals surface area contributed by atoms with Crippen molar-refractivity contribution >= 4 is 12.1 Å². The van der Waals surface area contributed by atoms with Crippen molar-refractivity contribution in [3.63, 3.8) is 0 Å². The molecule has 0 aromatic heterocycles. The quantitative estimate of drug-likeness (QED) is 0.658. The minimum absolute atomic E-state index is 0.193. The molecule has 0 bridgehead atoms. The van der Waals surface area contributed by atoms with Crippen LogP contribution in [0.4, 0.5) is 4.39 Å². The van der Waals surface area contributed by atoms with Crippen LogP contribution in [0.25, 0.3) is 0 Å². The molecule has 0 atom stereocenters. The first kappa shape index (κ1) is 15.5. The number of nitrogens with one attached hydrogen (secondary N) is 1. The van der Waals surface area contributed by atoms with E-state index >= 15 is 0 Å². The molecule has 114 valence electrons. The fraction of sp³-hybridized carbons (Fsp3) is 0.125. The van der Waals surface area contributed by atoms with Gasteiger partial charge >= 0.3 is 0 Å². The van der Waals surface area contributed by atoms with E-state index in [1.807, 2.05) is 0 Å². The number of carbonyl (C=O) groups is 1. The molecular weight excluding hydrogens is 287 g/mol. The van der Waals surface area contributed by atoms with Gasteiger partial charge in [-0.2, -0.15) is 5.10 Å². The first-order valence-electron chi connectivity index (χ1n) is 6.52. The van der Waals surface area contributed by atoms with Gasteiger partial charge in [0.05, 0.1) is 13.3 Å². The Morgan fingerprint density at radius 1 is 1.18 bits per heavy atom. The van der Waals surface area contributed by atoms with Crippen LogP contribution in [0.15, 0.2) is 53.6 Å². The monoisotopic (exact) mass is 302 g/mol. The summed E-state index contributed by atoms with van der Waals surface area (Å²) in [6.45, 7) is -0.193. The van der Waals surface area contributed by atoms with Crippen LogP contribution >= 0.6 is 0 Å². The first-order chi connectivity index (χ1) is 10.7. The Bertz CT molecular complexity index is 657. The van der Waals surface area contributed by atoms with E-state index in [0.717, 1.165) is 0 Å². The fourth-order valence-corrected chi connectivity index (χ4v) is 1.64. The molecular formula is C16H15FN2O3. The summed E-state index contributed by atoms with van der Waals surface area (Å²) in [7, 11) is 1.52. The van der Waals surface area contributed by atoms with Gasteiger partial charge < -0.3 is 9.47 Å². The Labute approximate surface area is 127 Å². The van der Waals surface area contributed by atoms with Crippen LogP contribution in [-0.2, 0) is 4.79 Å². The zero-order valence-corrected chi connectivity index (χ0v) is 12.0. The molecule has 5 nitrogen and oxygen atoms in total. The number of carbonyl (C=O) groups excluding carboxylic acids is 1. The van der Waals surface area contributed by atoms with Crippen molar-refractivity contribution in [3.8, 4) is 11.5 Å². The van der Waals surface area contributed by atoms with Crippen molar-refractivity contribution in [1.29, 1.82) is 0 Å². The third kappa shape index (κ3) is 4.59. The Balaban J connectivity index is 1.82. The molecule has 0 fully saturated rings. The molecule has 2 aromatic carbocycles. The van der Waals surface area contributed by atoms with E-state index in [-0.39, 0.29) is 12.4 Å². The number of hydrogen-bond donors (Lipinski definition) is 1. The maximum Gasteiger partial charge on any atom is 0.277 e. The highest BCUT2D eigenvalue weighted by molar-refractivity contribution is 5.82. The molecule has 0 spiro atoms. The maximum absolute atomic E-state index is 12.7. The van der Waals surface area contributed by atoms with Gasteiger partial charge in [-0.25, -0.2) is 9.82 Å². The highest BCUT2D eigenvalue weighted by Crippen LogP contribution is 2.25. The molecule has 0 radical (unpaired) electrons.